The summed E-state index contributed by atoms with van der Waals surface area (Å²) in [6.45, 7) is 3.87. The Morgan fingerprint density at radius 1 is 1.11 bits per heavy atom. The zero-order valence-corrected chi connectivity index (χ0v) is 15.0. The molecule has 0 saturated heterocycles. The van der Waals surface area contributed by atoms with Crippen molar-refractivity contribution in [3.63, 3.8) is 0 Å². The Bertz CT molecular complexity index is 1340. The van der Waals surface area contributed by atoms with Gasteiger partial charge in [-0.25, -0.2) is 4.79 Å². The third-order valence-corrected chi connectivity index (χ3v) is 4.59. The highest BCUT2D eigenvalue weighted by atomic mass is 16.4. The number of oxazole rings is 1. The van der Waals surface area contributed by atoms with E-state index in [1.54, 1.807) is 31.3 Å². The van der Waals surface area contributed by atoms with Gasteiger partial charge in [-0.2, -0.15) is 0 Å². The molecule has 4 rings (SSSR count). The van der Waals surface area contributed by atoms with Gasteiger partial charge in [0.15, 0.2) is 5.58 Å². The van der Waals surface area contributed by atoms with Crippen molar-refractivity contribution in [2.24, 2.45) is 7.05 Å². The average molecular weight is 363 g/mol. The van der Waals surface area contributed by atoms with Crippen LogP contribution in [0, 0.1) is 13.8 Å². The van der Waals surface area contributed by atoms with Crippen LogP contribution in [0.5, 0.6) is 0 Å². The number of fused-ring (bicyclic) bond motifs is 2. The molecule has 0 aliphatic carbocycles. The Kier molecular flexibility index (Phi) is 3.73. The summed E-state index contributed by atoms with van der Waals surface area (Å²) in [5.74, 6) is -1.00. The zero-order chi connectivity index (χ0) is 19.3. The van der Waals surface area contributed by atoms with Crippen LogP contribution in [0.15, 0.2) is 50.4 Å². The van der Waals surface area contributed by atoms with Crippen LogP contribution in [0.3, 0.4) is 0 Å². The number of aryl methyl sites for hydroxylation is 3. The number of hydrogen-bond donors (Lipinski definition) is 2. The molecule has 2 aromatic heterocycles. The Labute approximate surface area is 153 Å². The van der Waals surface area contributed by atoms with E-state index in [4.69, 9.17) is 4.42 Å². The average Bonchev–Trinajstić information content (AvgIpc) is 2.89. The van der Waals surface area contributed by atoms with E-state index in [2.05, 4.69) is 10.3 Å². The highest BCUT2D eigenvalue weighted by Gasteiger charge is 2.14. The molecule has 136 valence electrons. The second kappa shape index (κ2) is 5.98. The van der Waals surface area contributed by atoms with Crippen molar-refractivity contribution in [1.29, 1.82) is 0 Å². The minimum absolute atomic E-state index is 0.0219. The monoisotopic (exact) mass is 363 g/mol. The number of hydrogen-bond acceptors (Lipinski definition) is 4. The number of benzene rings is 2. The maximum absolute atomic E-state index is 12.7. The number of carbonyl (C=O) groups excluding carboxylic acids is 1. The van der Waals surface area contributed by atoms with E-state index in [-0.39, 0.29) is 5.56 Å². The van der Waals surface area contributed by atoms with Gasteiger partial charge in [0.25, 0.3) is 11.5 Å². The van der Waals surface area contributed by atoms with Crippen LogP contribution in [0.25, 0.3) is 22.0 Å². The van der Waals surface area contributed by atoms with Crippen LogP contribution in [-0.4, -0.2) is 15.5 Å². The number of anilines is 1. The second-order valence-corrected chi connectivity index (χ2v) is 6.62. The molecule has 0 spiro atoms. The van der Waals surface area contributed by atoms with Crippen LogP contribution < -0.4 is 16.6 Å². The Balaban J connectivity index is 1.74. The molecule has 0 aliphatic heterocycles. The van der Waals surface area contributed by atoms with Crippen LogP contribution in [-0.2, 0) is 7.05 Å². The molecule has 0 aliphatic rings. The lowest BCUT2D eigenvalue weighted by Crippen LogP contribution is -2.23. The molecule has 0 atom stereocenters. The number of amides is 1. The number of H-pyrrole nitrogens is 1. The van der Waals surface area contributed by atoms with Crippen molar-refractivity contribution in [3.8, 4) is 0 Å². The molecule has 4 aromatic rings. The lowest BCUT2D eigenvalue weighted by atomic mass is 10.1. The second-order valence-electron chi connectivity index (χ2n) is 6.62. The molecule has 2 aromatic carbocycles. The molecule has 2 heterocycles. The summed E-state index contributed by atoms with van der Waals surface area (Å²) in [6.07, 6.45) is 0. The highest BCUT2D eigenvalue weighted by molar-refractivity contribution is 6.06. The smallest absolute Gasteiger partial charge is 0.408 e. The van der Waals surface area contributed by atoms with Gasteiger partial charge in [-0.15, -0.1) is 0 Å². The van der Waals surface area contributed by atoms with Gasteiger partial charge in [-0.1, -0.05) is 11.6 Å². The lowest BCUT2D eigenvalue weighted by molar-refractivity contribution is 0.102. The fourth-order valence-electron chi connectivity index (χ4n) is 3.26. The largest absolute Gasteiger partial charge is 0.419 e. The number of pyridine rings is 1. The van der Waals surface area contributed by atoms with E-state index >= 15 is 0 Å². The first-order chi connectivity index (χ1) is 12.8. The van der Waals surface area contributed by atoms with Crippen molar-refractivity contribution in [1.82, 2.24) is 9.55 Å². The Morgan fingerprint density at radius 2 is 1.89 bits per heavy atom. The van der Waals surface area contributed by atoms with Gasteiger partial charge in [0.2, 0.25) is 0 Å². The number of rotatable bonds is 2. The molecule has 0 saturated carbocycles. The Hall–Kier alpha value is -3.61. The van der Waals surface area contributed by atoms with E-state index in [0.29, 0.717) is 16.8 Å². The summed E-state index contributed by atoms with van der Waals surface area (Å²) in [5, 5.41) is 3.50. The summed E-state index contributed by atoms with van der Waals surface area (Å²) in [5.41, 5.74) is 3.72. The van der Waals surface area contributed by atoms with Crippen molar-refractivity contribution < 1.29 is 9.21 Å². The summed E-state index contributed by atoms with van der Waals surface area (Å²) < 4.78 is 6.42. The quantitative estimate of drug-likeness (QED) is 0.572. The summed E-state index contributed by atoms with van der Waals surface area (Å²) in [4.78, 5) is 39.4. The van der Waals surface area contributed by atoms with Gasteiger partial charge in [-0.05, 0) is 55.1 Å². The first-order valence-corrected chi connectivity index (χ1v) is 8.39. The van der Waals surface area contributed by atoms with E-state index < -0.39 is 17.2 Å². The van der Waals surface area contributed by atoms with E-state index in [9.17, 15) is 14.4 Å². The SMILES string of the molecule is Cc1cc(C)c2[nH]c(=O)c(C(=O)Nc3ccc4oc(=O)n(C)c4c3)cc2c1. The van der Waals surface area contributed by atoms with Gasteiger partial charge in [0, 0.05) is 12.7 Å². The molecule has 0 unspecified atom stereocenters. The fourth-order valence-corrected chi connectivity index (χ4v) is 3.26. The zero-order valence-electron chi connectivity index (χ0n) is 15.0. The van der Waals surface area contributed by atoms with Crippen LogP contribution in [0.2, 0.25) is 0 Å². The molecule has 27 heavy (non-hydrogen) atoms. The van der Waals surface area contributed by atoms with Crippen molar-refractivity contribution in [2.45, 2.75) is 13.8 Å². The summed E-state index contributed by atoms with van der Waals surface area (Å²) >= 11 is 0. The first-order valence-electron chi connectivity index (χ1n) is 8.39. The maximum atomic E-state index is 12.7. The van der Waals surface area contributed by atoms with Crippen LogP contribution in [0.1, 0.15) is 21.5 Å². The lowest BCUT2D eigenvalue weighted by Gasteiger charge is -2.08. The standard InChI is InChI=1S/C20H17N3O4/c1-10-6-11(2)17-12(7-10)8-14(19(25)22-17)18(24)21-13-4-5-16-15(9-13)23(3)20(26)27-16/h4-9H,1-3H3,(H,21,24)(H,22,25). The van der Waals surface area contributed by atoms with Gasteiger partial charge in [0.1, 0.15) is 5.56 Å². The molecule has 2 N–H and O–H groups in total. The minimum Gasteiger partial charge on any atom is -0.408 e. The van der Waals surface area contributed by atoms with E-state index in [1.807, 2.05) is 26.0 Å². The molecule has 0 bridgehead atoms. The number of nitrogens with one attached hydrogen (secondary N) is 2. The number of aromatic amines is 1. The predicted molar refractivity (Wildman–Crippen MR) is 103 cm³/mol. The van der Waals surface area contributed by atoms with E-state index in [1.165, 1.54) is 4.57 Å². The van der Waals surface area contributed by atoms with Crippen molar-refractivity contribution in [3.05, 3.63) is 74.0 Å². The van der Waals surface area contributed by atoms with Gasteiger partial charge in [-0.3, -0.25) is 14.2 Å². The molecular formula is C20H17N3O4. The van der Waals surface area contributed by atoms with E-state index in [0.717, 1.165) is 22.0 Å². The molecule has 0 fully saturated rings. The third-order valence-electron chi connectivity index (χ3n) is 4.59. The van der Waals surface area contributed by atoms with Crippen LogP contribution in [0.4, 0.5) is 5.69 Å². The summed E-state index contributed by atoms with van der Waals surface area (Å²) in [7, 11) is 1.58. The molecule has 1 amide bonds. The Morgan fingerprint density at radius 3 is 2.67 bits per heavy atom. The minimum atomic E-state index is -0.523. The fraction of sp³-hybridized carbons (Fsp3) is 0.150. The highest BCUT2D eigenvalue weighted by Crippen LogP contribution is 2.20. The third kappa shape index (κ3) is 2.83. The topological polar surface area (TPSA) is 97.1 Å². The van der Waals surface area contributed by atoms with Crippen LogP contribution >= 0.6 is 0 Å². The number of carbonyl (C=O) groups is 1. The molecule has 0 radical (unpaired) electrons. The molecule has 7 nitrogen and oxygen atoms in total. The summed E-state index contributed by atoms with van der Waals surface area (Å²) in [6, 6.07) is 10.3. The molecule has 7 heteroatoms. The molecular weight excluding hydrogens is 346 g/mol. The maximum Gasteiger partial charge on any atom is 0.419 e. The normalized spacial score (nSPS) is 11.2. The van der Waals surface area contributed by atoms with Gasteiger partial charge in [0.05, 0.1) is 11.0 Å². The van der Waals surface area contributed by atoms with Crippen molar-refractivity contribution in [2.75, 3.05) is 5.32 Å². The first kappa shape index (κ1) is 16.8. The van der Waals surface area contributed by atoms with Gasteiger partial charge < -0.3 is 14.7 Å². The van der Waals surface area contributed by atoms with Gasteiger partial charge >= 0.3 is 5.76 Å². The number of nitrogens with zero attached hydrogens (tertiary/aromatic N) is 1. The predicted octanol–water partition coefficient (Wildman–Crippen LogP) is 2.84. The number of aromatic nitrogens is 2. The van der Waals surface area contributed by atoms with Crippen molar-refractivity contribution >= 4 is 33.6 Å².